The third kappa shape index (κ3) is 5.53. The van der Waals surface area contributed by atoms with Crippen LogP contribution in [0.3, 0.4) is 0 Å². The minimum Gasteiger partial charge on any atom is -0.382 e. The smallest absolute Gasteiger partial charge is 0.382 e. The summed E-state index contributed by atoms with van der Waals surface area (Å²) in [5.74, 6) is -0.0750. The second kappa shape index (κ2) is 9.38. The number of benzene rings is 1. The molecule has 1 aromatic heterocycles. The van der Waals surface area contributed by atoms with Crippen LogP contribution in [0.4, 0.5) is 24.5 Å². The first-order chi connectivity index (χ1) is 15.3. The number of halogens is 3. The lowest BCUT2D eigenvalue weighted by molar-refractivity contribution is -0.141. The van der Waals surface area contributed by atoms with E-state index in [4.69, 9.17) is 0 Å². The molecule has 5 nitrogen and oxygen atoms in total. The highest BCUT2D eigenvalue weighted by molar-refractivity contribution is 5.94. The number of rotatable bonds is 5. The van der Waals surface area contributed by atoms with Gasteiger partial charge in [0.25, 0.3) is 5.91 Å². The summed E-state index contributed by atoms with van der Waals surface area (Å²) in [7, 11) is 0. The standard InChI is InChI=1S/C24H29F3N4O/c1-16-14-20(15-22(28-16)24(25,26)27)29-18-6-8-19(9-7-18)30-23(32)17-4-10-21(11-5-17)31-12-2-3-13-31/h4-5,10-11,14-15,18-19H,2-3,6-9,12-13H2,1H3,(H,28,29)(H,30,32)/t18-,19+. The first-order valence-electron chi connectivity index (χ1n) is 11.3. The summed E-state index contributed by atoms with van der Waals surface area (Å²) >= 11 is 0. The first-order valence-corrected chi connectivity index (χ1v) is 11.3. The Morgan fingerprint density at radius 1 is 1.00 bits per heavy atom. The summed E-state index contributed by atoms with van der Waals surface area (Å²) in [5.41, 5.74) is 1.71. The van der Waals surface area contributed by atoms with Gasteiger partial charge in [-0.25, -0.2) is 4.98 Å². The number of alkyl halides is 3. The Bertz CT molecular complexity index is 931. The van der Waals surface area contributed by atoms with Crippen molar-refractivity contribution in [2.45, 2.75) is 63.7 Å². The van der Waals surface area contributed by atoms with Crippen LogP contribution in [0.1, 0.15) is 60.3 Å². The molecule has 8 heteroatoms. The largest absolute Gasteiger partial charge is 0.433 e. The lowest BCUT2D eigenvalue weighted by Crippen LogP contribution is -2.40. The van der Waals surface area contributed by atoms with Crippen LogP contribution >= 0.6 is 0 Å². The molecule has 1 amide bonds. The van der Waals surface area contributed by atoms with Gasteiger partial charge in [-0.2, -0.15) is 13.2 Å². The molecule has 2 heterocycles. The summed E-state index contributed by atoms with van der Waals surface area (Å²) in [5, 5.41) is 6.32. The van der Waals surface area contributed by atoms with Gasteiger partial charge in [-0.1, -0.05) is 0 Å². The van der Waals surface area contributed by atoms with Crippen LogP contribution in [0.2, 0.25) is 0 Å². The van der Waals surface area contributed by atoms with Gasteiger partial charge in [0.15, 0.2) is 0 Å². The average molecular weight is 447 g/mol. The van der Waals surface area contributed by atoms with E-state index in [1.54, 1.807) is 13.0 Å². The summed E-state index contributed by atoms with van der Waals surface area (Å²) in [6.45, 7) is 3.70. The molecule has 2 fully saturated rings. The molecule has 0 unspecified atom stereocenters. The number of nitrogens with zero attached hydrogens (tertiary/aromatic N) is 2. The van der Waals surface area contributed by atoms with Gasteiger partial charge in [0.1, 0.15) is 5.69 Å². The van der Waals surface area contributed by atoms with Crippen LogP contribution in [0, 0.1) is 6.92 Å². The van der Waals surface area contributed by atoms with Gasteiger partial charge in [0.05, 0.1) is 0 Å². The molecule has 1 aliphatic carbocycles. The molecule has 1 aromatic carbocycles. The van der Waals surface area contributed by atoms with Crippen molar-refractivity contribution >= 4 is 17.3 Å². The number of hydrogen-bond donors (Lipinski definition) is 2. The van der Waals surface area contributed by atoms with Crippen LogP contribution in [0.25, 0.3) is 0 Å². The molecule has 0 spiro atoms. The zero-order valence-corrected chi connectivity index (χ0v) is 18.2. The number of aryl methyl sites for hydroxylation is 1. The summed E-state index contributed by atoms with van der Waals surface area (Å²) in [6.07, 6.45) is 1.09. The van der Waals surface area contributed by atoms with E-state index in [0.717, 1.165) is 50.5 Å². The number of carbonyl (C=O) groups is 1. The zero-order chi connectivity index (χ0) is 22.7. The second-order valence-corrected chi connectivity index (χ2v) is 8.79. The van der Waals surface area contributed by atoms with E-state index in [0.29, 0.717) is 16.9 Å². The van der Waals surface area contributed by atoms with Gasteiger partial charge >= 0.3 is 6.18 Å². The highest BCUT2D eigenvalue weighted by atomic mass is 19.4. The molecule has 4 rings (SSSR count). The van der Waals surface area contributed by atoms with E-state index in [-0.39, 0.29) is 18.0 Å². The molecule has 32 heavy (non-hydrogen) atoms. The van der Waals surface area contributed by atoms with E-state index in [2.05, 4.69) is 20.5 Å². The first kappa shape index (κ1) is 22.4. The Kier molecular flexibility index (Phi) is 6.58. The Morgan fingerprint density at radius 2 is 1.62 bits per heavy atom. The molecule has 172 valence electrons. The summed E-state index contributed by atoms with van der Waals surface area (Å²) < 4.78 is 39.0. The average Bonchev–Trinajstić information content (AvgIpc) is 3.29. The molecular weight excluding hydrogens is 417 g/mol. The van der Waals surface area contributed by atoms with Gasteiger partial charge in [0, 0.05) is 47.8 Å². The van der Waals surface area contributed by atoms with E-state index in [1.807, 2.05) is 24.3 Å². The molecule has 0 atom stereocenters. The number of aromatic nitrogens is 1. The second-order valence-electron chi connectivity index (χ2n) is 8.79. The molecule has 0 bridgehead atoms. The fraction of sp³-hybridized carbons (Fsp3) is 0.500. The predicted molar refractivity (Wildman–Crippen MR) is 119 cm³/mol. The lowest BCUT2D eigenvalue weighted by atomic mass is 9.90. The van der Waals surface area contributed by atoms with Crippen molar-refractivity contribution in [3.05, 3.63) is 53.3 Å². The van der Waals surface area contributed by atoms with Crippen LogP contribution < -0.4 is 15.5 Å². The third-order valence-corrected chi connectivity index (χ3v) is 6.28. The Hall–Kier alpha value is -2.77. The van der Waals surface area contributed by atoms with Crippen molar-refractivity contribution in [2.24, 2.45) is 0 Å². The monoisotopic (exact) mass is 446 g/mol. The quantitative estimate of drug-likeness (QED) is 0.666. The normalized spacial score (nSPS) is 21.4. The van der Waals surface area contributed by atoms with E-state index in [9.17, 15) is 18.0 Å². The Labute approximate surface area is 186 Å². The number of pyridine rings is 1. The van der Waals surface area contributed by atoms with Crippen molar-refractivity contribution < 1.29 is 18.0 Å². The molecule has 2 aromatic rings. The van der Waals surface area contributed by atoms with Crippen molar-refractivity contribution in [3.63, 3.8) is 0 Å². The molecule has 2 aliphatic rings. The van der Waals surface area contributed by atoms with E-state index >= 15 is 0 Å². The minimum atomic E-state index is -4.46. The Morgan fingerprint density at radius 3 is 2.25 bits per heavy atom. The van der Waals surface area contributed by atoms with Gasteiger partial charge in [-0.15, -0.1) is 0 Å². The van der Waals surface area contributed by atoms with Gasteiger partial charge in [-0.05, 0) is 81.8 Å². The molecule has 0 radical (unpaired) electrons. The van der Waals surface area contributed by atoms with E-state index < -0.39 is 11.9 Å². The minimum absolute atomic E-state index is 0.0729. The number of hydrogen-bond acceptors (Lipinski definition) is 4. The van der Waals surface area contributed by atoms with Gasteiger partial charge in [0.2, 0.25) is 0 Å². The SMILES string of the molecule is Cc1cc(N[C@H]2CC[C@@H](NC(=O)c3ccc(N4CCCC4)cc3)CC2)cc(C(F)(F)F)n1. The molecule has 1 saturated heterocycles. The fourth-order valence-electron chi connectivity index (χ4n) is 4.58. The topological polar surface area (TPSA) is 57.3 Å². The maximum atomic E-state index is 13.0. The van der Waals surface area contributed by atoms with Crippen LogP contribution in [0.15, 0.2) is 36.4 Å². The highest BCUT2D eigenvalue weighted by Crippen LogP contribution is 2.31. The maximum absolute atomic E-state index is 13.0. The number of carbonyl (C=O) groups excluding carboxylic acids is 1. The van der Waals surface area contributed by atoms with Crippen molar-refractivity contribution in [3.8, 4) is 0 Å². The molecule has 1 saturated carbocycles. The molecule has 2 N–H and O–H groups in total. The van der Waals surface area contributed by atoms with Crippen molar-refractivity contribution in [1.82, 2.24) is 10.3 Å². The van der Waals surface area contributed by atoms with Crippen molar-refractivity contribution in [1.29, 1.82) is 0 Å². The number of nitrogens with one attached hydrogen (secondary N) is 2. The number of amides is 1. The number of anilines is 2. The van der Waals surface area contributed by atoms with Crippen LogP contribution in [-0.2, 0) is 6.18 Å². The highest BCUT2D eigenvalue weighted by Gasteiger charge is 2.33. The lowest BCUT2D eigenvalue weighted by Gasteiger charge is -2.30. The zero-order valence-electron chi connectivity index (χ0n) is 18.2. The third-order valence-electron chi connectivity index (χ3n) is 6.28. The fourth-order valence-corrected chi connectivity index (χ4v) is 4.58. The summed E-state index contributed by atoms with van der Waals surface area (Å²) in [4.78, 5) is 18.5. The molecule has 1 aliphatic heterocycles. The van der Waals surface area contributed by atoms with Gasteiger partial charge in [-0.3, -0.25) is 4.79 Å². The molecular formula is C24H29F3N4O. The van der Waals surface area contributed by atoms with E-state index in [1.165, 1.54) is 12.8 Å². The predicted octanol–water partition coefficient (Wildman–Crippen LogP) is 5.16. The van der Waals surface area contributed by atoms with Gasteiger partial charge < -0.3 is 15.5 Å². The Balaban J connectivity index is 1.28. The van der Waals surface area contributed by atoms with Crippen molar-refractivity contribution in [2.75, 3.05) is 23.3 Å². The van der Waals surface area contributed by atoms with Crippen LogP contribution in [0.5, 0.6) is 0 Å². The van der Waals surface area contributed by atoms with Crippen LogP contribution in [-0.4, -0.2) is 36.1 Å². The summed E-state index contributed by atoms with van der Waals surface area (Å²) in [6, 6.07) is 10.6. The maximum Gasteiger partial charge on any atom is 0.433 e.